The van der Waals surface area contributed by atoms with Crippen molar-refractivity contribution in [2.24, 2.45) is 0 Å². The lowest BCUT2D eigenvalue weighted by Crippen LogP contribution is -2.00. The van der Waals surface area contributed by atoms with Crippen molar-refractivity contribution >= 4 is 33.4 Å². The topological polar surface area (TPSA) is 53.5 Å². The van der Waals surface area contributed by atoms with Crippen LogP contribution in [0.3, 0.4) is 0 Å². The molecular formula is C12H10N2OS. The molecule has 0 saturated carbocycles. The average Bonchev–Trinajstić information content (AvgIpc) is 2.69. The first kappa shape index (κ1) is 10.7. The van der Waals surface area contributed by atoms with Crippen LogP contribution in [0.5, 0.6) is 0 Å². The number of carbonyl (C=O) groups is 1. The van der Waals surface area contributed by atoms with Crippen LogP contribution in [0, 0.1) is 0 Å². The zero-order chi connectivity index (χ0) is 11.4. The van der Waals surface area contributed by atoms with Crippen LogP contribution >= 0.6 is 11.3 Å². The van der Waals surface area contributed by atoms with Gasteiger partial charge in [-0.25, -0.2) is 0 Å². The number of thiophene rings is 1. The van der Waals surface area contributed by atoms with E-state index in [-0.39, 0.29) is 5.78 Å². The van der Waals surface area contributed by atoms with E-state index < -0.39 is 0 Å². The van der Waals surface area contributed by atoms with Crippen LogP contribution in [0.15, 0.2) is 30.3 Å². The van der Waals surface area contributed by atoms with Crippen molar-refractivity contribution in [3.05, 3.63) is 40.7 Å². The number of hydrogen-bond donors (Lipinski definition) is 0. The largest absolute Gasteiger partial charge is 0.361 e. The van der Waals surface area contributed by atoms with Crippen molar-refractivity contribution < 1.29 is 9.58 Å². The molecule has 0 atom stereocenters. The SMILES string of the molecule is [N-]=[N+]=CC(=O)CCc1cc2ccccc2s1. The minimum Gasteiger partial charge on any atom is -0.361 e. The molecule has 1 aromatic heterocycles. The Kier molecular flexibility index (Phi) is 3.25. The van der Waals surface area contributed by atoms with Crippen LogP contribution in [-0.4, -0.2) is 16.8 Å². The predicted molar refractivity (Wildman–Crippen MR) is 64.8 cm³/mol. The summed E-state index contributed by atoms with van der Waals surface area (Å²) in [6.45, 7) is 0. The number of fused-ring (bicyclic) bond motifs is 1. The van der Waals surface area contributed by atoms with Gasteiger partial charge in [-0.05, 0) is 23.9 Å². The average molecular weight is 230 g/mol. The summed E-state index contributed by atoms with van der Waals surface area (Å²) in [6.07, 6.45) is 2.04. The molecule has 0 radical (unpaired) electrons. The van der Waals surface area contributed by atoms with Crippen LogP contribution in [0.2, 0.25) is 0 Å². The highest BCUT2D eigenvalue weighted by atomic mass is 32.1. The molecule has 0 bridgehead atoms. The van der Waals surface area contributed by atoms with Gasteiger partial charge in [-0.15, -0.1) is 11.3 Å². The normalized spacial score (nSPS) is 10.0. The van der Waals surface area contributed by atoms with Crippen LogP contribution in [-0.2, 0) is 11.2 Å². The molecule has 2 aromatic rings. The van der Waals surface area contributed by atoms with Gasteiger partial charge in [-0.2, -0.15) is 4.79 Å². The van der Waals surface area contributed by atoms with Crippen molar-refractivity contribution in [3.63, 3.8) is 0 Å². The highest BCUT2D eigenvalue weighted by molar-refractivity contribution is 7.19. The lowest BCUT2D eigenvalue weighted by atomic mass is 10.2. The zero-order valence-electron chi connectivity index (χ0n) is 8.59. The van der Waals surface area contributed by atoms with E-state index in [4.69, 9.17) is 5.53 Å². The van der Waals surface area contributed by atoms with Crippen LogP contribution in [0.25, 0.3) is 15.6 Å². The second-order valence-electron chi connectivity index (χ2n) is 3.46. The Hall–Kier alpha value is -1.77. The van der Waals surface area contributed by atoms with Gasteiger partial charge in [0.2, 0.25) is 5.78 Å². The third-order valence-electron chi connectivity index (χ3n) is 2.30. The molecule has 0 amide bonds. The molecule has 80 valence electrons. The molecule has 0 unspecified atom stereocenters. The maximum Gasteiger partial charge on any atom is 0.323 e. The Morgan fingerprint density at radius 3 is 3.00 bits per heavy atom. The van der Waals surface area contributed by atoms with Crippen LogP contribution in [0.4, 0.5) is 0 Å². The Bertz CT molecular complexity index is 534. The molecule has 4 heteroatoms. The molecule has 0 spiro atoms. The molecule has 0 fully saturated rings. The van der Waals surface area contributed by atoms with Crippen molar-refractivity contribution in [1.82, 2.24) is 0 Å². The van der Waals surface area contributed by atoms with Crippen LogP contribution < -0.4 is 0 Å². The number of rotatable bonds is 4. The summed E-state index contributed by atoms with van der Waals surface area (Å²) in [5.74, 6) is -0.153. The minimum absolute atomic E-state index is 0.153. The van der Waals surface area contributed by atoms with Gasteiger partial charge in [-0.1, -0.05) is 18.2 Å². The van der Waals surface area contributed by atoms with Gasteiger partial charge < -0.3 is 5.53 Å². The van der Waals surface area contributed by atoms with E-state index in [1.807, 2.05) is 12.1 Å². The summed E-state index contributed by atoms with van der Waals surface area (Å²) in [6, 6.07) is 10.2. The monoisotopic (exact) mass is 230 g/mol. The smallest absolute Gasteiger partial charge is 0.323 e. The summed E-state index contributed by atoms with van der Waals surface area (Å²) in [4.78, 5) is 15.0. The van der Waals surface area contributed by atoms with Gasteiger partial charge in [0.15, 0.2) is 0 Å². The van der Waals surface area contributed by atoms with Crippen molar-refractivity contribution in [2.75, 3.05) is 0 Å². The van der Waals surface area contributed by atoms with Crippen molar-refractivity contribution in [1.29, 1.82) is 0 Å². The lowest BCUT2D eigenvalue weighted by Gasteiger charge is -1.89. The summed E-state index contributed by atoms with van der Waals surface area (Å²) in [7, 11) is 0. The maximum atomic E-state index is 11.1. The number of nitrogens with zero attached hydrogens (tertiary/aromatic N) is 2. The molecule has 0 N–H and O–H groups in total. The highest BCUT2D eigenvalue weighted by Crippen LogP contribution is 2.25. The molecule has 3 nitrogen and oxygen atoms in total. The summed E-state index contributed by atoms with van der Waals surface area (Å²) >= 11 is 1.70. The lowest BCUT2D eigenvalue weighted by molar-refractivity contribution is -0.116. The quantitative estimate of drug-likeness (QED) is 0.452. The third kappa shape index (κ3) is 2.42. The van der Waals surface area contributed by atoms with Gasteiger partial charge >= 0.3 is 6.21 Å². The summed E-state index contributed by atoms with van der Waals surface area (Å²) in [5, 5.41) is 1.21. The van der Waals surface area contributed by atoms with E-state index in [0.29, 0.717) is 12.8 Å². The first-order chi connectivity index (χ1) is 7.79. The number of hydrogen-bond acceptors (Lipinski definition) is 2. The first-order valence-corrected chi connectivity index (χ1v) is 5.79. The van der Waals surface area contributed by atoms with Gasteiger partial charge in [0.1, 0.15) is 0 Å². The number of carbonyl (C=O) groups excluding carboxylic acids is 1. The number of aryl methyl sites for hydroxylation is 1. The van der Waals surface area contributed by atoms with E-state index >= 15 is 0 Å². The Balaban J connectivity index is 2.10. The van der Waals surface area contributed by atoms with E-state index in [0.717, 1.165) is 6.21 Å². The van der Waals surface area contributed by atoms with Gasteiger partial charge in [-0.3, -0.25) is 4.79 Å². The standard InChI is InChI=1S/C12H10N2OS/c13-14-8-10(15)5-6-11-7-9-3-1-2-4-12(9)16-11/h1-4,7-8H,5-6H2. The van der Waals surface area contributed by atoms with E-state index in [2.05, 4.69) is 23.0 Å². The molecule has 1 aromatic carbocycles. The van der Waals surface area contributed by atoms with Gasteiger partial charge in [0.25, 0.3) is 0 Å². The second kappa shape index (κ2) is 4.84. The Morgan fingerprint density at radius 2 is 2.25 bits per heavy atom. The van der Waals surface area contributed by atoms with Crippen LogP contribution in [0.1, 0.15) is 11.3 Å². The van der Waals surface area contributed by atoms with E-state index in [1.165, 1.54) is 15.0 Å². The molecule has 16 heavy (non-hydrogen) atoms. The van der Waals surface area contributed by atoms with E-state index in [1.54, 1.807) is 11.3 Å². The molecule has 0 saturated heterocycles. The van der Waals surface area contributed by atoms with Gasteiger partial charge in [0, 0.05) is 16.0 Å². The Morgan fingerprint density at radius 1 is 1.44 bits per heavy atom. The fraction of sp³-hybridized carbons (Fsp3) is 0.167. The second-order valence-corrected chi connectivity index (χ2v) is 4.63. The fourth-order valence-corrected chi connectivity index (χ4v) is 2.60. The summed E-state index contributed by atoms with van der Waals surface area (Å²) in [5.41, 5.74) is 8.20. The number of benzene rings is 1. The molecule has 0 aliphatic carbocycles. The molecule has 0 aliphatic rings. The van der Waals surface area contributed by atoms with Gasteiger partial charge in [0.05, 0.1) is 0 Å². The number of Topliss-reactive ketones (excluding diaryl/α,β-unsaturated/α-hetero) is 1. The predicted octanol–water partition coefficient (Wildman–Crippen LogP) is 2.70. The molecular weight excluding hydrogens is 220 g/mol. The summed E-state index contributed by atoms with van der Waals surface area (Å²) < 4.78 is 1.24. The first-order valence-electron chi connectivity index (χ1n) is 4.97. The minimum atomic E-state index is -0.153. The molecule has 2 rings (SSSR count). The fourth-order valence-electron chi connectivity index (χ4n) is 1.54. The van der Waals surface area contributed by atoms with Crippen molar-refractivity contribution in [3.8, 4) is 0 Å². The highest BCUT2D eigenvalue weighted by Gasteiger charge is 2.06. The molecule has 0 aliphatic heterocycles. The Labute approximate surface area is 97.0 Å². The van der Waals surface area contributed by atoms with E-state index in [9.17, 15) is 4.79 Å². The third-order valence-corrected chi connectivity index (χ3v) is 3.47. The molecule has 1 heterocycles. The maximum absolute atomic E-state index is 11.1. The van der Waals surface area contributed by atoms with Crippen molar-refractivity contribution in [2.45, 2.75) is 12.8 Å². The number of ketones is 1. The zero-order valence-corrected chi connectivity index (χ0v) is 9.41.